The second kappa shape index (κ2) is 13.7. The van der Waals surface area contributed by atoms with Crippen molar-refractivity contribution in [3.05, 3.63) is 65.2 Å². The molecule has 1 aliphatic heterocycles. The maximum atomic E-state index is 13.2. The number of carboxylic acids is 1. The third-order valence-corrected chi connectivity index (χ3v) is 6.42. The van der Waals surface area contributed by atoms with Crippen molar-refractivity contribution in [2.75, 3.05) is 45.7 Å². The number of ether oxygens (including phenoxy) is 2. The Morgan fingerprint density at radius 2 is 1.64 bits per heavy atom. The summed E-state index contributed by atoms with van der Waals surface area (Å²) in [6.07, 6.45) is -3.17. The van der Waals surface area contributed by atoms with Crippen LogP contribution in [0.3, 0.4) is 0 Å². The van der Waals surface area contributed by atoms with Gasteiger partial charge in [0, 0.05) is 5.92 Å². The van der Waals surface area contributed by atoms with Crippen LogP contribution in [0, 0.1) is 6.92 Å². The molecular formula is C27H32F3N2O7+. The first-order chi connectivity index (χ1) is 18.3. The molecule has 1 amide bonds. The van der Waals surface area contributed by atoms with Crippen molar-refractivity contribution in [2.24, 2.45) is 0 Å². The predicted molar refractivity (Wildman–Crippen MR) is 135 cm³/mol. The number of methoxy groups -OCH3 is 2. The van der Waals surface area contributed by atoms with Crippen LogP contribution in [0.25, 0.3) is 0 Å². The van der Waals surface area contributed by atoms with Crippen molar-refractivity contribution in [1.82, 2.24) is 0 Å². The van der Waals surface area contributed by atoms with E-state index in [9.17, 15) is 27.6 Å². The lowest BCUT2D eigenvalue weighted by molar-refractivity contribution is -0.919. The first-order valence-corrected chi connectivity index (χ1v) is 12.1. The number of amides is 1. The van der Waals surface area contributed by atoms with Gasteiger partial charge in [0.05, 0.1) is 38.6 Å². The van der Waals surface area contributed by atoms with E-state index in [4.69, 9.17) is 19.4 Å². The number of aliphatic carboxylic acids is 1. The zero-order valence-corrected chi connectivity index (χ0v) is 21.9. The Hall–Kier alpha value is -3.93. The maximum absolute atomic E-state index is 13.2. The van der Waals surface area contributed by atoms with Crippen molar-refractivity contribution in [3.63, 3.8) is 0 Å². The summed E-state index contributed by atoms with van der Waals surface area (Å²) in [5.74, 6) is -3.59. The fourth-order valence-electron chi connectivity index (χ4n) is 4.60. The molecule has 2 N–H and O–H groups in total. The third kappa shape index (κ3) is 9.10. The van der Waals surface area contributed by atoms with Gasteiger partial charge in [0.2, 0.25) is 0 Å². The van der Waals surface area contributed by atoms with E-state index in [1.165, 1.54) is 19.8 Å². The van der Waals surface area contributed by atoms with Gasteiger partial charge in [0.25, 0.3) is 5.91 Å². The van der Waals surface area contributed by atoms with Gasteiger partial charge in [-0.25, -0.2) is 14.4 Å². The Kier molecular flexibility index (Phi) is 11.0. The number of carbonyl (C=O) groups excluding carboxylic acids is 3. The lowest BCUT2D eigenvalue weighted by atomic mass is 9.89. The highest BCUT2D eigenvalue weighted by Gasteiger charge is 2.40. The van der Waals surface area contributed by atoms with Gasteiger partial charge in [-0.15, -0.1) is 0 Å². The molecule has 1 aliphatic rings. The Morgan fingerprint density at radius 1 is 1.00 bits per heavy atom. The number of anilines is 1. The summed E-state index contributed by atoms with van der Waals surface area (Å²) in [4.78, 5) is 46.5. The van der Waals surface area contributed by atoms with Crippen LogP contribution in [0.5, 0.6) is 0 Å². The Bertz CT molecular complexity index is 1170. The van der Waals surface area contributed by atoms with Crippen LogP contribution in [-0.4, -0.2) is 80.0 Å². The Labute approximate surface area is 224 Å². The Balaban J connectivity index is 0.000000673. The molecular weight excluding hydrogens is 521 g/mol. The molecule has 0 bridgehead atoms. The molecule has 0 spiro atoms. The molecule has 2 atom stereocenters. The minimum atomic E-state index is -5.08. The zero-order chi connectivity index (χ0) is 29.2. The Morgan fingerprint density at radius 3 is 2.21 bits per heavy atom. The van der Waals surface area contributed by atoms with E-state index in [0.29, 0.717) is 28.8 Å². The van der Waals surface area contributed by atoms with Crippen molar-refractivity contribution >= 4 is 29.5 Å². The van der Waals surface area contributed by atoms with Gasteiger partial charge in [-0.1, -0.05) is 42.5 Å². The summed E-state index contributed by atoms with van der Waals surface area (Å²) in [6, 6.07) is 15.4. The van der Waals surface area contributed by atoms with Crippen LogP contribution in [0.1, 0.15) is 40.2 Å². The van der Waals surface area contributed by atoms with Crippen LogP contribution >= 0.6 is 0 Å². The molecule has 2 aromatic rings. The van der Waals surface area contributed by atoms with Crippen LogP contribution in [-0.2, 0) is 23.9 Å². The summed E-state index contributed by atoms with van der Waals surface area (Å²) in [7, 11) is 2.68. The summed E-state index contributed by atoms with van der Waals surface area (Å²) in [5, 5.41) is 10.0. The van der Waals surface area contributed by atoms with Crippen LogP contribution in [0.15, 0.2) is 48.5 Å². The highest BCUT2D eigenvalue weighted by molar-refractivity contribution is 6.02. The number of halogens is 3. The number of benzene rings is 2. The molecule has 212 valence electrons. The van der Waals surface area contributed by atoms with Crippen LogP contribution in [0.4, 0.5) is 18.9 Å². The summed E-state index contributed by atoms with van der Waals surface area (Å²) in [5.41, 5.74) is 2.73. The largest absolute Gasteiger partial charge is 0.490 e. The number of carbonyl (C=O) groups is 4. The van der Waals surface area contributed by atoms with Gasteiger partial charge in [0.15, 0.2) is 13.1 Å². The van der Waals surface area contributed by atoms with E-state index in [1.807, 2.05) is 31.2 Å². The molecule has 0 aromatic heterocycles. The zero-order valence-electron chi connectivity index (χ0n) is 21.9. The molecule has 2 unspecified atom stereocenters. The number of likely N-dealkylation sites (tertiary alicyclic amines) is 1. The van der Waals surface area contributed by atoms with Gasteiger partial charge in [-0.3, -0.25) is 4.79 Å². The molecule has 9 nitrogen and oxygen atoms in total. The van der Waals surface area contributed by atoms with E-state index < -0.39 is 18.1 Å². The van der Waals surface area contributed by atoms with E-state index in [0.717, 1.165) is 18.4 Å². The molecule has 12 heteroatoms. The monoisotopic (exact) mass is 553 g/mol. The fraction of sp³-hybridized carbons (Fsp3) is 0.407. The van der Waals surface area contributed by atoms with Crippen LogP contribution < -0.4 is 5.32 Å². The van der Waals surface area contributed by atoms with Crippen molar-refractivity contribution in [3.8, 4) is 0 Å². The highest BCUT2D eigenvalue weighted by atomic mass is 19.4. The molecule has 0 aliphatic carbocycles. The number of aryl methyl sites for hydroxylation is 1. The maximum Gasteiger partial charge on any atom is 0.490 e. The van der Waals surface area contributed by atoms with E-state index in [2.05, 4.69) is 17.4 Å². The minimum absolute atomic E-state index is 0.118. The van der Waals surface area contributed by atoms with Crippen molar-refractivity contribution in [1.29, 1.82) is 0 Å². The predicted octanol–water partition coefficient (Wildman–Crippen LogP) is 3.92. The van der Waals surface area contributed by atoms with Gasteiger partial charge in [-0.2, -0.15) is 13.2 Å². The number of nitrogens with zero attached hydrogens (tertiary/aromatic N) is 1. The quantitative estimate of drug-likeness (QED) is 0.394. The first kappa shape index (κ1) is 31.3. The number of quaternary nitrogens is 1. The summed E-state index contributed by atoms with van der Waals surface area (Å²) < 4.78 is 41.9. The highest BCUT2D eigenvalue weighted by Crippen LogP contribution is 2.32. The van der Waals surface area contributed by atoms with E-state index in [1.54, 1.807) is 12.1 Å². The lowest BCUT2D eigenvalue weighted by Gasteiger charge is -2.43. The number of hydrogen-bond donors (Lipinski definition) is 2. The third-order valence-electron chi connectivity index (χ3n) is 6.42. The number of esters is 2. The number of rotatable bonds is 7. The molecule has 0 radical (unpaired) electrons. The molecule has 1 fully saturated rings. The normalized spacial score (nSPS) is 18.7. The number of para-hydroxylation sites is 1. The topological polar surface area (TPSA) is 119 Å². The number of hydrogen-bond acceptors (Lipinski definition) is 6. The average Bonchev–Trinajstić information content (AvgIpc) is 2.89. The van der Waals surface area contributed by atoms with Gasteiger partial charge in [0.1, 0.15) is 0 Å². The SMILES string of the molecule is COC(=O)C[N+]1(CC(=O)Nc2c(C)cccc2C(=O)OC)CCCC(c2ccccc2)C1.O=C(O)C(F)(F)F. The van der Waals surface area contributed by atoms with Crippen LogP contribution in [0.2, 0.25) is 0 Å². The number of nitrogens with one attached hydrogen (secondary N) is 1. The van der Waals surface area contributed by atoms with Gasteiger partial charge >= 0.3 is 24.1 Å². The molecule has 1 heterocycles. The number of carboxylic acid groups (broad SMARTS) is 1. The summed E-state index contributed by atoms with van der Waals surface area (Å²) >= 11 is 0. The first-order valence-electron chi connectivity index (χ1n) is 12.1. The number of piperidine rings is 1. The molecule has 0 saturated carbocycles. The van der Waals surface area contributed by atoms with E-state index >= 15 is 0 Å². The van der Waals surface area contributed by atoms with E-state index in [-0.39, 0.29) is 30.9 Å². The molecule has 1 saturated heterocycles. The average molecular weight is 554 g/mol. The number of alkyl halides is 3. The lowest BCUT2D eigenvalue weighted by Crippen LogP contribution is -2.59. The second-order valence-corrected chi connectivity index (χ2v) is 9.23. The standard InChI is InChI=1S/C25H30N2O5.C2HF3O2/c1-18-9-7-13-21(25(30)32-3)24(18)26-22(28)16-27(17-23(29)31-2)14-8-12-20(15-27)19-10-5-4-6-11-19;3-2(4,5)1(6)7/h4-7,9-11,13,20H,8,12,14-17H2,1-3H3;(H,6,7)/p+1. The van der Waals surface area contributed by atoms with Gasteiger partial charge < -0.3 is 24.4 Å². The molecule has 3 rings (SSSR count). The second-order valence-electron chi connectivity index (χ2n) is 9.23. The minimum Gasteiger partial charge on any atom is -0.475 e. The van der Waals surface area contributed by atoms with Crippen molar-refractivity contribution in [2.45, 2.75) is 31.9 Å². The van der Waals surface area contributed by atoms with Crippen molar-refractivity contribution < 1.29 is 51.4 Å². The fourth-order valence-corrected chi connectivity index (χ4v) is 4.60. The smallest absolute Gasteiger partial charge is 0.475 e. The summed E-state index contributed by atoms with van der Waals surface area (Å²) in [6.45, 7) is 3.46. The molecule has 2 aromatic carbocycles. The molecule has 39 heavy (non-hydrogen) atoms. The van der Waals surface area contributed by atoms with Gasteiger partial charge in [-0.05, 0) is 37.0 Å².